The Bertz CT molecular complexity index is 375. The number of benzene rings is 1. The van der Waals surface area contributed by atoms with Crippen LogP contribution in [-0.2, 0) is 4.79 Å². The Morgan fingerprint density at radius 3 is 2.59 bits per heavy atom. The summed E-state index contributed by atoms with van der Waals surface area (Å²) in [6, 6.07) is 10.4. The quantitative estimate of drug-likeness (QED) is 0.837. The molecule has 1 heterocycles. The summed E-state index contributed by atoms with van der Waals surface area (Å²) in [6.07, 6.45) is 0.952. The highest BCUT2D eigenvalue weighted by atomic mass is 16.2. The summed E-state index contributed by atoms with van der Waals surface area (Å²) in [5.41, 5.74) is 1.33. The Balaban J connectivity index is 2.05. The molecule has 1 fully saturated rings. The number of hydrogen-bond donors (Lipinski definition) is 1. The first-order valence-electron chi connectivity index (χ1n) is 6.15. The Labute approximate surface area is 103 Å². The van der Waals surface area contributed by atoms with Crippen molar-refractivity contribution in [2.45, 2.75) is 12.3 Å². The SMILES string of the molecule is CN(C)C(=O)[C@H]1CNC[C@@H](c2ccccc2)C1. The Kier molecular flexibility index (Phi) is 3.79. The zero-order valence-corrected chi connectivity index (χ0v) is 10.5. The van der Waals surface area contributed by atoms with Gasteiger partial charge >= 0.3 is 0 Å². The number of carbonyl (C=O) groups excluding carboxylic acids is 1. The van der Waals surface area contributed by atoms with E-state index in [1.165, 1.54) is 5.56 Å². The van der Waals surface area contributed by atoms with Crippen LogP contribution in [-0.4, -0.2) is 38.0 Å². The molecular weight excluding hydrogens is 212 g/mol. The van der Waals surface area contributed by atoms with Gasteiger partial charge < -0.3 is 10.2 Å². The molecule has 1 aromatic rings. The molecule has 2 rings (SSSR count). The van der Waals surface area contributed by atoms with E-state index >= 15 is 0 Å². The molecule has 1 N–H and O–H groups in total. The van der Waals surface area contributed by atoms with Crippen LogP contribution in [0.2, 0.25) is 0 Å². The molecule has 0 aromatic heterocycles. The van der Waals surface area contributed by atoms with Crippen LogP contribution in [0.25, 0.3) is 0 Å². The van der Waals surface area contributed by atoms with Crippen LogP contribution < -0.4 is 5.32 Å². The van der Waals surface area contributed by atoms with Crippen LogP contribution in [0.1, 0.15) is 17.9 Å². The van der Waals surface area contributed by atoms with E-state index in [9.17, 15) is 4.79 Å². The van der Waals surface area contributed by atoms with Crippen LogP contribution in [0.15, 0.2) is 30.3 Å². The van der Waals surface area contributed by atoms with Crippen molar-refractivity contribution < 1.29 is 4.79 Å². The van der Waals surface area contributed by atoms with E-state index in [0.29, 0.717) is 5.92 Å². The minimum Gasteiger partial charge on any atom is -0.349 e. The molecule has 0 radical (unpaired) electrons. The number of amides is 1. The summed E-state index contributed by atoms with van der Waals surface area (Å²) >= 11 is 0. The van der Waals surface area contributed by atoms with Gasteiger partial charge in [0.15, 0.2) is 0 Å². The molecule has 3 nitrogen and oxygen atoms in total. The van der Waals surface area contributed by atoms with Crippen LogP contribution in [0.4, 0.5) is 0 Å². The van der Waals surface area contributed by atoms with Crippen LogP contribution in [0.5, 0.6) is 0 Å². The maximum absolute atomic E-state index is 12.0. The van der Waals surface area contributed by atoms with E-state index in [2.05, 4.69) is 29.6 Å². The average Bonchev–Trinajstić information content (AvgIpc) is 2.39. The van der Waals surface area contributed by atoms with E-state index < -0.39 is 0 Å². The molecule has 0 bridgehead atoms. The second-order valence-electron chi connectivity index (χ2n) is 4.93. The van der Waals surface area contributed by atoms with E-state index in [1.54, 1.807) is 4.90 Å². The molecule has 2 atom stereocenters. The number of nitrogens with zero attached hydrogens (tertiary/aromatic N) is 1. The number of rotatable bonds is 2. The first-order chi connectivity index (χ1) is 8.18. The lowest BCUT2D eigenvalue weighted by atomic mass is 9.85. The van der Waals surface area contributed by atoms with Crippen molar-refractivity contribution in [2.75, 3.05) is 27.2 Å². The highest BCUT2D eigenvalue weighted by Gasteiger charge is 2.28. The number of carbonyl (C=O) groups is 1. The van der Waals surface area contributed by atoms with Gasteiger partial charge in [-0.25, -0.2) is 0 Å². The average molecular weight is 232 g/mol. The molecule has 1 saturated heterocycles. The predicted molar refractivity (Wildman–Crippen MR) is 68.9 cm³/mol. The highest BCUT2D eigenvalue weighted by Crippen LogP contribution is 2.26. The van der Waals surface area contributed by atoms with Crippen LogP contribution in [0.3, 0.4) is 0 Å². The summed E-state index contributed by atoms with van der Waals surface area (Å²) in [6.45, 7) is 1.78. The lowest BCUT2D eigenvalue weighted by Gasteiger charge is -2.31. The molecule has 1 aliphatic heterocycles. The van der Waals surface area contributed by atoms with Crippen LogP contribution >= 0.6 is 0 Å². The maximum atomic E-state index is 12.0. The Morgan fingerprint density at radius 2 is 1.94 bits per heavy atom. The molecular formula is C14H20N2O. The van der Waals surface area contributed by atoms with Gasteiger partial charge in [-0.1, -0.05) is 30.3 Å². The van der Waals surface area contributed by atoms with Gasteiger partial charge in [-0.05, 0) is 17.9 Å². The lowest BCUT2D eigenvalue weighted by molar-refractivity contribution is -0.133. The van der Waals surface area contributed by atoms with E-state index in [-0.39, 0.29) is 11.8 Å². The summed E-state index contributed by atoms with van der Waals surface area (Å²) in [7, 11) is 3.66. The van der Waals surface area contributed by atoms with Crippen molar-refractivity contribution >= 4 is 5.91 Å². The molecule has 1 aliphatic rings. The van der Waals surface area contributed by atoms with Crippen molar-refractivity contribution in [3.05, 3.63) is 35.9 Å². The van der Waals surface area contributed by atoms with E-state index in [0.717, 1.165) is 19.5 Å². The highest BCUT2D eigenvalue weighted by molar-refractivity contribution is 5.78. The molecule has 17 heavy (non-hydrogen) atoms. The number of nitrogens with one attached hydrogen (secondary N) is 1. The van der Waals surface area contributed by atoms with Gasteiger partial charge in [-0.3, -0.25) is 4.79 Å². The maximum Gasteiger partial charge on any atom is 0.226 e. The van der Waals surface area contributed by atoms with Gasteiger partial charge in [-0.15, -0.1) is 0 Å². The molecule has 0 saturated carbocycles. The summed E-state index contributed by atoms with van der Waals surface area (Å²) in [5.74, 6) is 0.806. The molecule has 92 valence electrons. The van der Waals surface area contributed by atoms with Crippen molar-refractivity contribution in [2.24, 2.45) is 5.92 Å². The van der Waals surface area contributed by atoms with Crippen molar-refractivity contribution in [3.63, 3.8) is 0 Å². The zero-order chi connectivity index (χ0) is 12.3. The van der Waals surface area contributed by atoms with Gasteiger partial charge in [0.25, 0.3) is 0 Å². The molecule has 1 amide bonds. The predicted octanol–water partition coefficient (Wildman–Crippen LogP) is 1.47. The number of hydrogen-bond acceptors (Lipinski definition) is 2. The lowest BCUT2D eigenvalue weighted by Crippen LogP contribution is -2.42. The largest absolute Gasteiger partial charge is 0.349 e. The van der Waals surface area contributed by atoms with E-state index in [4.69, 9.17) is 0 Å². The Morgan fingerprint density at radius 1 is 1.24 bits per heavy atom. The first-order valence-corrected chi connectivity index (χ1v) is 6.15. The van der Waals surface area contributed by atoms with Crippen molar-refractivity contribution in [3.8, 4) is 0 Å². The summed E-state index contributed by atoms with van der Waals surface area (Å²) < 4.78 is 0. The standard InChI is InChI=1S/C14H20N2O/c1-16(2)14(17)13-8-12(9-15-10-13)11-6-4-3-5-7-11/h3-7,12-13,15H,8-10H2,1-2H3/t12-,13+/m0/s1. The topological polar surface area (TPSA) is 32.3 Å². The minimum absolute atomic E-state index is 0.115. The molecule has 0 aliphatic carbocycles. The van der Waals surface area contributed by atoms with Crippen molar-refractivity contribution in [1.29, 1.82) is 0 Å². The van der Waals surface area contributed by atoms with Gasteiger partial charge in [0.1, 0.15) is 0 Å². The third-order valence-corrected chi connectivity index (χ3v) is 3.41. The van der Waals surface area contributed by atoms with Crippen molar-refractivity contribution in [1.82, 2.24) is 10.2 Å². The smallest absolute Gasteiger partial charge is 0.226 e. The van der Waals surface area contributed by atoms with Gasteiger partial charge in [0.05, 0.1) is 5.92 Å². The molecule has 0 spiro atoms. The fraction of sp³-hybridized carbons (Fsp3) is 0.500. The van der Waals surface area contributed by atoms with Crippen LogP contribution in [0, 0.1) is 5.92 Å². The minimum atomic E-state index is 0.115. The normalized spacial score (nSPS) is 24.4. The molecule has 3 heteroatoms. The zero-order valence-electron chi connectivity index (χ0n) is 10.5. The summed E-state index contributed by atoms with van der Waals surface area (Å²) in [4.78, 5) is 13.7. The number of piperidine rings is 1. The monoisotopic (exact) mass is 232 g/mol. The third-order valence-electron chi connectivity index (χ3n) is 3.41. The second kappa shape index (κ2) is 5.32. The third kappa shape index (κ3) is 2.86. The van der Waals surface area contributed by atoms with Gasteiger partial charge in [0, 0.05) is 27.2 Å². The fourth-order valence-electron chi connectivity index (χ4n) is 2.47. The molecule has 0 unspecified atom stereocenters. The first kappa shape index (κ1) is 12.1. The van der Waals surface area contributed by atoms with E-state index in [1.807, 2.05) is 20.2 Å². The second-order valence-corrected chi connectivity index (χ2v) is 4.93. The van der Waals surface area contributed by atoms with Gasteiger partial charge in [-0.2, -0.15) is 0 Å². The fourth-order valence-corrected chi connectivity index (χ4v) is 2.47. The Hall–Kier alpha value is -1.35. The van der Waals surface area contributed by atoms with Gasteiger partial charge in [0.2, 0.25) is 5.91 Å². The summed E-state index contributed by atoms with van der Waals surface area (Å²) in [5, 5.41) is 3.37. The molecule has 1 aromatic carbocycles.